The summed E-state index contributed by atoms with van der Waals surface area (Å²) in [6.45, 7) is 4.48. The third-order valence-corrected chi connectivity index (χ3v) is 5.26. The van der Waals surface area contributed by atoms with Crippen LogP contribution < -0.4 is 0 Å². The molecule has 1 saturated heterocycles. The molecule has 1 unspecified atom stereocenters. The number of aromatic nitrogens is 2. The Balaban J connectivity index is 1.53. The van der Waals surface area contributed by atoms with Crippen LogP contribution in [-0.2, 0) is 22.6 Å². The lowest BCUT2D eigenvalue weighted by Gasteiger charge is -2.24. The molecule has 1 N–H and O–H groups in total. The number of hydrogen-bond acceptors (Lipinski definition) is 4. The van der Waals surface area contributed by atoms with Crippen molar-refractivity contribution < 1.29 is 19.1 Å². The zero-order valence-corrected chi connectivity index (χ0v) is 16.6. The zero-order chi connectivity index (χ0) is 20.8. The number of hydrogen-bond donors (Lipinski definition) is 1. The number of aryl methyl sites for hydroxylation is 2. The number of carbonyl (C=O) groups excluding carboxylic acids is 2. The molecule has 8 heteroatoms. The van der Waals surface area contributed by atoms with Gasteiger partial charge in [0.1, 0.15) is 11.6 Å². The molecule has 0 bridgehead atoms. The highest BCUT2D eigenvalue weighted by Gasteiger charge is 2.27. The predicted molar refractivity (Wildman–Crippen MR) is 105 cm³/mol. The molecule has 0 aliphatic carbocycles. The van der Waals surface area contributed by atoms with Crippen LogP contribution in [0.3, 0.4) is 0 Å². The highest BCUT2D eigenvalue weighted by molar-refractivity contribution is 5.82. The van der Waals surface area contributed by atoms with Crippen molar-refractivity contribution in [2.75, 3.05) is 26.2 Å². The second-order valence-electron chi connectivity index (χ2n) is 7.15. The molecule has 2 aromatic rings. The van der Waals surface area contributed by atoms with Crippen molar-refractivity contribution in [3.8, 4) is 0 Å². The number of aliphatic hydroxyl groups is 1. The highest BCUT2D eigenvalue weighted by Crippen LogP contribution is 2.18. The van der Waals surface area contributed by atoms with Crippen LogP contribution in [0.25, 0.3) is 0 Å². The molecule has 2 amide bonds. The second-order valence-corrected chi connectivity index (χ2v) is 7.15. The molecular weight excluding hydrogens is 375 g/mol. The molecule has 156 valence electrons. The van der Waals surface area contributed by atoms with E-state index in [0.29, 0.717) is 51.1 Å². The summed E-state index contributed by atoms with van der Waals surface area (Å²) in [5.41, 5.74) is 0.362. The largest absolute Gasteiger partial charge is 0.378 e. The fourth-order valence-electron chi connectivity index (χ4n) is 3.58. The molecule has 1 aliphatic heterocycles. The van der Waals surface area contributed by atoms with Gasteiger partial charge in [0.2, 0.25) is 5.91 Å². The van der Waals surface area contributed by atoms with Gasteiger partial charge in [0.25, 0.3) is 5.91 Å². The van der Waals surface area contributed by atoms with Crippen molar-refractivity contribution >= 4 is 11.8 Å². The summed E-state index contributed by atoms with van der Waals surface area (Å²) in [6.07, 6.45) is 4.15. The van der Waals surface area contributed by atoms with Crippen LogP contribution in [0.4, 0.5) is 4.39 Å². The van der Waals surface area contributed by atoms with Gasteiger partial charge >= 0.3 is 0 Å². The lowest BCUT2D eigenvalue weighted by atomic mass is 10.1. The highest BCUT2D eigenvalue weighted by atomic mass is 19.1. The molecule has 1 fully saturated rings. The molecule has 29 heavy (non-hydrogen) atoms. The first kappa shape index (κ1) is 21.0. The maximum atomic E-state index is 13.1. The monoisotopic (exact) mass is 402 g/mol. The average molecular weight is 402 g/mol. The molecule has 0 saturated carbocycles. The third-order valence-electron chi connectivity index (χ3n) is 5.26. The van der Waals surface area contributed by atoms with Crippen molar-refractivity contribution in [3.63, 3.8) is 0 Å². The van der Waals surface area contributed by atoms with E-state index >= 15 is 0 Å². The standard InChI is InChI=1S/C21H27FN4O3/c1-2-18-23-9-13-24(18)12-8-19(27)25-10-3-11-26(15-14-25)21(29)20(28)16-4-6-17(22)7-5-16/h4-7,9,13,20,28H,2-3,8,10-12,14-15H2,1H3. The number of aliphatic hydroxyl groups excluding tert-OH is 1. The van der Waals surface area contributed by atoms with Crippen LogP contribution in [0.1, 0.15) is 37.3 Å². The molecule has 7 nitrogen and oxygen atoms in total. The first-order chi connectivity index (χ1) is 14.0. The van der Waals surface area contributed by atoms with E-state index < -0.39 is 17.8 Å². The van der Waals surface area contributed by atoms with Gasteiger partial charge in [-0.3, -0.25) is 9.59 Å². The molecular formula is C21H27FN4O3. The van der Waals surface area contributed by atoms with E-state index in [9.17, 15) is 19.1 Å². The minimum atomic E-state index is -1.33. The summed E-state index contributed by atoms with van der Waals surface area (Å²) in [4.78, 5) is 32.9. The second kappa shape index (κ2) is 9.65. The Bertz CT molecular complexity index is 837. The Morgan fingerprint density at radius 1 is 1.14 bits per heavy atom. The average Bonchev–Trinajstić information content (AvgIpc) is 3.05. The fourth-order valence-corrected chi connectivity index (χ4v) is 3.58. The Morgan fingerprint density at radius 2 is 1.83 bits per heavy atom. The number of nitrogens with zero attached hydrogens (tertiary/aromatic N) is 4. The zero-order valence-electron chi connectivity index (χ0n) is 16.6. The van der Waals surface area contributed by atoms with Crippen molar-refractivity contribution in [1.29, 1.82) is 0 Å². The van der Waals surface area contributed by atoms with Gasteiger partial charge in [0.05, 0.1) is 0 Å². The lowest BCUT2D eigenvalue weighted by Crippen LogP contribution is -2.39. The van der Waals surface area contributed by atoms with Gasteiger partial charge in [-0.05, 0) is 24.1 Å². The Hall–Kier alpha value is -2.74. The van der Waals surface area contributed by atoms with Crippen LogP contribution >= 0.6 is 0 Å². The smallest absolute Gasteiger partial charge is 0.256 e. The van der Waals surface area contributed by atoms with Crippen LogP contribution in [0.5, 0.6) is 0 Å². The molecule has 3 rings (SSSR count). The summed E-state index contributed by atoms with van der Waals surface area (Å²) in [6, 6.07) is 5.26. The molecule has 1 aliphatic rings. The summed E-state index contributed by atoms with van der Waals surface area (Å²) in [5, 5.41) is 10.3. The van der Waals surface area contributed by atoms with Gasteiger partial charge < -0.3 is 19.5 Å². The number of imidazole rings is 1. The number of carbonyl (C=O) groups is 2. The molecule has 0 radical (unpaired) electrons. The summed E-state index contributed by atoms with van der Waals surface area (Å²) < 4.78 is 15.0. The van der Waals surface area contributed by atoms with E-state index in [1.165, 1.54) is 24.3 Å². The normalized spacial score (nSPS) is 15.8. The van der Waals surface area contributed by atoms with E-state index in [-0.39, 0.29) is 5.91 Å². The van der Waals surface area contributed by atoms with E-state index in [4.69, 9.17) is 0 Å². The predicted octanol–water partition coefficient (Wildman–Crippen LogP) is 1.77. The Kier molecular flexibility index (Phi) is 6.98. The van der Waals surface area contributed by atoms with E-state index in [1.807, 2.05) is 17.7 Å². The van der Waals surface area contributed by atoms with E-state index in [2.05, 4.69) is 4.98 Å². The molecule has 2 heterocycles. The quantitative estimate of drug-likeness (QED) is 0.799. The van der Waals surface area contributed by atoms with Crippen LogP contribution in [0, 0.1) is 5.82 Å². The molecule has 1 aromatic carbocycles. The lowest BCUT2D eigenvalue weighted by molar-refractivity contribution is -0.141. The first-order valence-electron chi connectivity index (χ1n) is 9.99. The van der Waals surface area contributed by atoms with Crippen LogP contribution in [-0.4, -0.2) is 62.5 Å². The Morgan fingerprint density at radius 3 is 2.55 bits per heavy atom. The van der Waals surface area contributed by atoms with Gasteiger partial charge in [-0.2, -0.15) is 0 Å². The summed E-state index contributed by atoms with van der Waals surface area (Å²) in [7, 11) is 0. The number of halogens is 1. The maximum Gasteiger partial charge on any atom is 0.256 e. The first-order valence-corrected chi connectivity index (χ1v) is 9.99. The fraction of sp³-hybridized carbons (Fsp3) is 0.476. The van der Waals surface area contributed by atoms with Gasteiger partial charge in [-0.25, -0.2) is 9.37 Å². The van der Waals surface area contributed by atoms with Gasteiger partial charge in [0, 0.05) is 58.0 Å². The van der Waals surface area contributed by atoms with Crippen molar-refractivity contribution in [2.24, 2.45) is 0 Å². The van der Waals surface area contributed by atoms with Gasteiger partial charge in [0.15, 0.2) is 6.10 Å². The van der Waals surface area contributed by atoms with E-state index in [1.54, 1.807) is 16.0 Å². The molecule has 0 spiro atoms. The maximum absolute atomic E-state index is 13.1. The van der Waals surface area contributed by atoms with Crippen LogP contribution in [0.2, 0.25) is 0 Å². The molecule has 1 aromatic heterocycles. The minimum absolute atomic E-state index is 0.0501. The minimum Gasteiger partial charge on any atom is -0.378 e. The number of amides is 2. The number of rotatable bonds is 6. The van der Waals surface area contributed by atoms with Gasteiger partial charge in [-0.1, -0.05) is 19.1 Å². The van der Waals surface area contributed by atoms with Crippen molar-refractivity contribution in [2.45, 2.75) is 38.8 Å². The number of benzene rings is 1. The SMILES string of the molecule is CCc1nccn1CCC(=O)N1CCCN(C(=O)C(O)c2ccc(F)cc2)CC1. The summed E-state index contributed by atoms with van der Waals surface area (Å²) >= 11 is 0. The van der Waals surface area contributed by atoms with Crippen LogP contribution in [0.15, 0.2) is 36.7 Å². The van der Waals surface area contributed by atoms with Gasteiger partial charge in [-0.15, -0.1) is 0 Å². The van der Waals surface area contributed by atoms with Crippen molar-refractivity contribution in [3.05, 3.63) is 53.9 Å². The van der Waals surface area contributed by atoms with Crippen molar-refractivity contribution in [1.82, 2.24) is 19.4 Å². The van der Waals surface area contributed by atoms with E-state index in [0.717, 1.165) is 12.2 Å². The third kappa shape index (κ3) is 5.20. The molecule has 1 atom stereocenters. The summed E-state index contributed by atoms with van der Waals surface area (Å²) in [5.74, 6) is 0.172. The Labute approximate surface area is 169 Å². The topological polar surface area (TPSA) is 78.7 Å².